The normalized spacial score (nSPS) is 27.8. The first-order valence-electron chi connectivity index (χ1n) is 3.69. The van der Waals surface area contributed by atoms with E-state index in [1.54, 1.807) is 0 Å². The minimum Gasteiger partial charge on any atom is -0.468 e. The zero-order valence-corrected chi connectivity index (χ0v) is 7.82. The molecule has 0 saturated carbocycles. The van der Waals surface area contributed by atoms with Gasteiger partial charge in [-0.3, -0.25) is 5.32 Å². The van der Waals surface area contributed by atoms with E-state index in [0.717, 1.165) is 13.0 Å². The molecule has 1 fully saturated rings. The lowest BCUT2D eigenvalue weighted by Gasteiger charge is -2.23. The fourth-order valence-corrected chi connectivity index (χ4v) is 1.38. The van der Waals surface area contributed by atoms with Gasteiger partial charge in [0.15, 0.2) is 0 Å². The van der Waals surface area contributed by atoms with E-state index >= 15 is 0 Å². The largest absolute Gasteiger partial charge is 0.468 e. The molecule has 1 aliphatic heterocycles. The Balaban J connectivity index is 0.00000121. The van der Waals surface area contributed by atoms with Crippen LogP contribution in [0.2, 0.25) is 0 Å². The molecule has 0 amide bonds. The molecule has 2 N–H and O–H groups in total. The van der Waals surface area contributed by atoms with Gasteiger partial charge in [-0.25, -0.2) is 4.79 Å². The molecule has 1 saturated heterocycles. The lowest BCUT2D eigenvalue weighted by molar-refractivity contribution is -0.149. The van der Waals surface area contributed by atoms with Gasteiger partial charge in [-0.2, -0.15) is 0 Å². The van der Waals surface area contributed by atoms with Gasteiger partial charge in [-0.1, -0.05) is 0 Å². The van der Waals surface area contributed by atoms with Crippen LogP contribution >= 0.6 is 12.4 Å². The number of aliphatic hydroxyl groups is 1. The van der Waals surface area contributed by atoms with E-state index in [1.807, 2.05) is 0 Å². The Morgan fingerprint density at radius 2 is 2.42 bits per heavy atom. The Hall–Kier alpha value is -0.320. The predicted molar refractivity (Wildman–Crippen MR) is 46.3 cm³/mol. The molecular formula is C7H14ClNO3. The average molecular weight is 196 g/mol. The van der Waals surface area contributed by atoms with Crippen LogP contribution in [0.25, 0.3) is 0 Å². The van der Waals surface area contributed by atoms with Gasteiger partial charge in [0.2, 0.25) is 0 Å². The number of esters is 1. The molecule has 1 unspecified atom stereocenters. The van der Waals surface area contributed by atoms with Gasteiger partial charge in [0.25, 0.3) is 0 Å². The Morgan fingerprint density at radius 1 is 1.75 bits per heavy atom. The van der Waals surface area contributed by atoms with Crippen molar-refractivity contribution in [2.45, 2.75) is 18.4 Å². The van der Waals surface area contributed by atoms with Crippen molar-refractivity contribution in [3.05, 3.63) is 0 Å². The average Bonchev–Trinajstić information content (AvgIpc) is 2.52. The molecule has 12 heavy (non-hydrogen) atoms. The number of halogens is 1. The summed E-state index contributed by atoms with van der Waals surface area (Å²) in [5.41, 5.74) is -0.811. The summed E-state index contributed by atoms with van der Waals surface area (Å²) in [6, 6.07) is 0. The topological polar surface area (TPSA) is 58.6 Å². The standard InChI is InChI=1S/C7H13NO3.ClH/c1-11-6(10)7(5-9)3-2-4-8-7;/h8-9H,2-5H2,1H3;1H. The van der Waals surface area contributed by atoms with Crippen LogP contribution in [0.4, 0.5) is 0 Å². The Bertz CT molecular complexity index is 157. The van der Waals surface area contributed by atoms with Crippen LogP contribution in [0, 0.1) is 0 Å². The SMILES string of the molecule is COC(=O)C1(CO)CCCN1.Cl. The molecule has 1 rings (SSSR count). The molecule has 1 heterocycles. The molecule has 1 atom stereocenters. The van der Waals surface area contributed by atoms with Crippen LogP contribution in [0.5, 0.6) is 0 Å². The fourth-order valence-electron chi connectivity index (χ4n) is 1.38. The molecule has 1 aliphatic rings. The highest BCUT2D eigenvalue weighted by Crippen LogP contribution is 2.19. The fraction of sp³-hybridized carbons (Fsp3) is 0.857. The summed E-state index contributed by atoms with van der Waals surface area (Å²) >= 11 is 0. The predicted octanol–water partition coefficient (Wildman–Crippen LogP) is -0.304. The first kappa shape index (κ1) is 11.7. The van der Waals surface area contributed by atoms with E-state index in [1.165, 1.54) is 7.11 Å². The number of aliphatic hydroxyl groups excluding tert-OH is 1. The van der Waals surface area contributed by atoms with Crippen molar-refractivity contribution in [3.63, 3.8) is 0 Å². The Morgan fingerprint density at radius 3 is 2.75 bits per heavy atom. The summed E-state index contributed by atoms with van der Waals surface area (Å²) in [6.45, 7) is 0.593. The number of rotatable bonds is 2. The van der Waals surface area contributed by atoms with E-state index in [-0.39, 0.29) is 25.0 Å². The van der Waals surface area contributed by atoms with Crippen LogP contribution in [0.15, 0.2) is 0 Å². The molecule has 0 aliphatic carbocycles. The number of ether oxygens (including phenoxy) is 1. The lowest BCUT2D eigenvalue weighted by atomic mass is 9.99. The zero-order chi connectivity index (χ0) is 8.32. The third kappa shape index (κ3) is 1.88. The molecule has 72 valence electrons. The number of carbonyl (C=O) groups is 1. The van der Waals surface area contributed by atoms with Crippen molar-refractivity contribution in [1.29, 1.82) is 0 Å². The zero-order valence-electron chi connectivity index (χ0n) is 7.00. The van der Waals surface area contributed by atoms with Crippen molar-refractivity contribution in [3.8, 4) is 0 Å². The van der Waals surface area contributed by atoms with E-state index < -0.39 is 5.54 Å². The molecule has 0 bridgehead atoms. The number of nitrogens with one attached hydrogen (secondary N) is 1. The third-order valence-corrected chi connectivity index (χ3v) is 2.09. The lowest BCUT2D eigenvalue weighted by Crippen LogP contribution is -2.51. The highest BCUT2D eigenvalue weighted by molar-refractivity contribution is 5.85. The van der Waals surface area contributed by atoms with E-state index in [9.17, 15) is 4.79 Å². The van der Waals surface area contributed by atoms with E-state index in [2.05, 4.69) is 10.1 Å². The molecule has 0 spiro atoms. The van der Waals surface area contributed by atoms with Gasteiger partial charge >= 0.3 is 5.97 Å². The van der Waals surface area contributed by atoms with E-state index in [0.29, 0.717) is 6.42 Å². The van der Waals surface area contributed by atoms with Gasteiger partial charge in [0, 0.05) is 0 Å². The summed E-state index contributed by atoms with van der Waals surface area (Å²) in [5, 5.41) is 11.9. The second-order valence-corrected chi connectivity index (χ2v) is 2.76. The van der Waals surface area contributed by atoms with Crippen LogP contribution in [0.3, 0.4) is 0 Å². The highest BCUT2D eigenvalue weighted by atomic mass is 35.5. The van der Waals surface area contributed by atoms with Crippen molar-refractivity contribution in [1.82, 2.24) is 5.32 Å². The molecule has 0 aromatic rings. The highest BCUT2D eigenvalue weighted by Gasteiger charge is 2.41. The minimum absolute atomic E-state index is 0. The first-order valence-corrected chi connectivity index (χ1v) is 3.69. The summed E-state index contributed by atoms with van der Waals surface area (Å²) in [6.07, 6.45) is 1.58. The van der Waals surface area contributed by atoms with Crippen molar-refractivity contribution < 1.29 is 14.6 Å². The number of hydrogen-bond donors (Lipinski definition) is 2. The smallest absolute Gasteiger partial charge is 0.328 e. The maximum Gasteiger partial charge on any atom is 0.328 e. The van der Waals surface area contributed by atoms with Gasteiger partial charge in [0.1, 0.15) is 5.54 Å². The molecule has 4 nitrogen and oxygen atoms in total. The molecule has 0 aromatic carbocycles. The van der Waals surface area contributed by atoms with E-state index in [4.69, 9.17) is 5.11 Å². The van der Waals surface area contributed by atoms with Crippen molar-refractivity contribution in [2.24, 2.45) is 0 Å². The maximum atomic E-state index is 11.1. The number of hydrogen-bond acceptors (Lipinski definition) is 4. The second-order valence-electron chi connectivity index (χ2n) is 2.76. The van der Waals surface area contributed by atoms with Crippen LogP contribution in [-0.2, 0) is 9.53 Å². The monoisotopic (exact) mass is 195 g/mol. The summed E-state index contributed by atoms with van der Waals surface area (Å²) < 4.78 is 4.57. The minimum atomic E-state index is -0.811. The molecular weight excluding hydrogens is 182 g/mol. The summed E-state index contributed by atoms with van der Waals surface area (Å²) in [5.74, 6) is -0.363. The summed E-state index contributed by atoms with van der Waals surface area (Å²) in [4.78, 5) is 11.1. The van der Waals surface area contributed by atoms with Crippen LogP contribution in [0.1, 0.15) is 12.8 Å². The van der Waals surface area contributed by atoms with Gasteiger partial charge in [0.05, 0.1) is 13.7 Å². The summed E-state index contributed by atoms with van der Waals surface area (Å²) in [7, 11) is 1.33. The van der Waals surface area contributed by atoms with Gasteiger partial charge in [-0.05, 0) is 19.4 Å². The number of carbonyl (C=O) groups excluding carboxylic acids is 1. The van der Waals surface area contributed by atoms with Crippen molar-refractivity contribution >= 4 is 18.4 Å². The van der Waals surface area contributed by atoms with Crippen LogP contribution in [-0.4, -0.2) is 36.9 Å². The van der Waals surface area contributed by atoms with Gasteiger partial charge < -0.3 is 9.84 Å². The van der Waals surface area contributed by atoms with Crippen LogP contribution < -0.4 is 5.32 Å². The molecule has 0 aromatic heterocycles. The number of methoxy groups -OCH3 is 1. The first-order chi connectivity index (χ1) is 5.25. The third-order valence-electron chi connectivity index (χ3n) is 2.09. The van der Waals surface area contributed by atoms with Gasteiger partial charge in [-0.15, -0.1) is 12.4 Å². The Kier molecular flexibility index (Phi) is 4.52. The second kappa shape index (κ2) is 4.64. The Labute approximate surface area is 77.7 Å². The quantitative estimate of drug-likeness (QED) is 0.594. The molecule has 0 radical (unpaired) electrons. The van der Waals surface area contributed by atoms with Crippen molar-refractivity contribution in [2.75, 3.05) is 20.3 Å². The molecule has 5 heteroatoms. The maximum absolute atomic E-state index is 11.1.